The lowest BCUT2D eigenvalue weighted by atomic mass is 10.0. The minimum Gasteiger partial charge on any atom is -0.452 e. The number of anilines is 1. The summed E-state index contributed by atoms with van der Waals surface area (Å²) in [7, 11) is 0. The monoisotopic (exact) mass is 408 g/mol. The highest BCUT2D eigenvalue weighted by Crippen LogP contribution is 2.30. The Hall–Kier alpha value is -3.48. The zero-order valence-corrected chi connectivity index (χ0v) is 16.7. The van der Waals surface area contributed by atoms with Crippen LogP contribution in [-0.2, 0) is 25.5 Å². The lowest BCUT2D eigenvalue weighted by molar-refractivity contribution is -0.128. The van der Waals surface area contributed by atoms with E-state index in [1.165, 1.54) is 19.1 Å². The van der Waals surface area contributed by atoms with Gasteiger partial charge in [0.15, 0.2) is 12.4 Å². The minimum atomic E-state index is -0.687. The number of ether oxygens (including phenoxy) is 1. The van der Waals surface area contributed by atoms with Crippen LogP contribution < -0.4 is 10.6 Å². The Balaban J connectivity index is 1.47. The lowest BCUT2D eigenvalue weighted by Crippen LogP contribution is -2.43. The van der Waals surface area contributed by atoms with Gasteiger partial charge in [-0.25, -0.2) is 4.79 Å². The van der Waals surface area contributed by atoms with E-state index in [2.05, 4.69) is 10.6 Å². The van der Waals surface area contributed by atoms with E-state index in [4.69, 9.17) is 4.74 Å². The first kappa shape index (κ1) is 21.2. The average molecular weight is 408 g/mol. The molecule has 0 saturated heterocycles. The van der Waals surface area contributed by atoms with Crippen molar-refractivity contribution in [1.82, 2.24) is 5.32 Å². The van der Waals surface area contributed by atoms with E-state index in [-0.39, 0.29) is 23.2 Å². The predicted octanol–water partition coefficient (Wildman–Crippen LogP) is 2.51. The van der Waals surface area contributed by atoms with E-state index < -0.39 is 24.5 Å². The molecule has 0 aromatic heterocycles. The molecule has 156 valence electrons. The van der Waals surface area contributed by atoms with Crippen molar-refractivity contribution in [3.63, 3.8) is 0 Å². The molecule has 1 saturated carbocycles. The molecule has 1 aliphatic carbocycles. The zero-order valence-electron chi connectivity index (χ0n) is 16.7. The number of esters is 1. The van der Waals surface area contributed by atoms with Gasteiger partial charge in [-0.3, -0.25) is 14.4 Å². The Morgan fingerprint density at radius 3 is 2.27 bits per heavy atom. The second-order valence-corrected chi connectivity index (χ2v) is 7.34. The maximum absolute atomic E-state index is 12.2. The highest BCUT2D eigenvalue weighted by Gasteiger charge is 2.29. The highest BCUT2D eigenvalue weighted by atomic mass is 16.5. The molecule has 2 amide bonds. The Morgan fingerprint density at radius 2 is 1.67 bits per heavy atom. The maximum atomic E-state index is 12.2. The number of benzene rings is 2. The van der Waals surface area contributed by atoms with Crippen LogP contribution >= 0.6 is 0 Å². The molecule has 7 heteroatoms. The van der Waals surface area contributed by atoms with Crippen LogP contribution in [-0.4, -0.2) is 36.2 Å². The van der Waals surface area contributed by atoms with Crippen molar-refractivity contribution in [1.29, 1.82) is 0 Å². The molecule has 0 spiro atoms. The smallest absolute Gasteiger partial charge is 0.338 e. The first-order valence-corrected chi connectivity index (χ1v) is 9.84. The molecular formula is C23H24N2O5. The van der Waals surface area contributed by atoms with E-state index in [1.54, 1.807) is 12.1 Å². The van der Waals surface area contributed by atoms with Crippen LogP contribution in [0.3, 0.4) is 0 Å². The summed E-state index contributed by atoms with van der Waals surface area (Å²) in [5.74, 6) is -1.31. The fourth-order valence-corrected chi connectivity index (χ4v) is 2.88. The largest absolute Gasteiger partial charge is 0.452 e. The van der Waals surface area contributed by atoms with Crippen LogP contribution in [0.5, 0.6) is 0 Å². The van der Waals surface area contributed by atoms with Gasteiger partial charge in [-0.2, -0.15) is 0 Å². The number of hydrogen-bond donors (Lipinski definition) is 2. The summed E-state index contributed by atoms with van der Waals surface area (Å²) >= 11 is 0. The first-order valence-electron chi connectivity index (χ1n) is 9.84. The number of amides is 2. The van der Waals surface area contributed by atoms with Crippen molar-refractivity contribution in [2.24, 2.45) is 5.92 Å². The molecule has 7 nitrogen and oxygen atoms in total. The molecule has 2 aromatic rings. The molecule has 2 aromatic carbocycles. The number of nitrogens with one attached hydrogen (secondary N) is 2. The van der Waals surface area contributed by atoms with Crippen LogP contribution in [0.1, 0.15) is 35.7 Å². The van der Waals surface area contributed by atoms with Crippen molar-refractivity contribution < 1.29 is 23.9 Å². The van der Waals surface area contributed by atoms with Gasteiger partial charge in [0, 0.05) is 11.6 Å². The number of hydrogen-bond acceptors (Lipinski definition) is 5. The summed E-state index contributed by atoms with van der Waals surface area (Å²) in [6.07, 6.45) is 2.19. The number of carbonyl (C=O) groups is 4. The van der Waals surface area contributed by atoms with E-state index in [0.29, 0.717) is 12.1 Å². The van der Waals surface area contributed by atoms with Crippen LogP contribution in [0, 0.1) is 5.92 Å². The van der Waals surface area contributed by atoms with Gasteiger partial charge in [0.05, 0.1) is 11.6 Å². The topological polar surface area (TPSA) is 102 Å². The van der Waals surface area contributed by atoms with E-state index in [1.807, 2.05) is 30.3 Å². The van der Waals surface area contributed by atoms with Crippen molar-refractivity contribution in [3.05, 3.63) is 65.7 Å². The fourth-order valence-electron chi connectivity index (χ4n) is 2.88. The van der Waals surface area contributed by atoms with Gasteiger partial charge in [-0.1, -0.05) is 30.3 Å². The van der Waals surface area contributed by atoms with Gasteiger partial charge in [-0.05, 0) is 56.0 Å². The molecule has 2 N–H and O–H groups in total. The van der Waals surface area contributed by atoms with Gasteiger partial charge < -0.3 is 15.4 Å². The van der Waals surface area contributed by atoms with Gasteiger partial charge >= 0.3 is 5.97 Å². The Bertz CT molecular complexity index is 920. The first-order chi connectivity index (χ1) is 14.4. The standard InChI is InChI=1S/C23H24N2O5/c1-15(26)20(13-16-5-3-2-4-6-16)25-21(27)14-30-23(29)18-9-11-19(12-10-18)24-22(28)17-7-8-17/h2-6,9-12,17,20H,7-8,13-14H2,1H3,(H,24,28)(H,25,27). The summed E-state index contributed by atoms with van der Waals surface area (Å²) in [6, 6.07) is 14.9. The molecule has 0 heterocycles. The highest BCUT2D eigenvalue weighted by molar-refractivity contribution is 5.96. The molecular weight excluding hydrogens is 384 g/mol. The fraction of sp³-hybridized carbons (Fsp3) is 0.304. The quantitative estimate of drug-likeness (QED) is 0.621. The molecule has 0 bridgehead atoms. The minimum absolute atomic E-state index is 0.0162. The van der Waals surface area contributed by atoms with Gasteiger partial charge in [0.2, 0.25) is 5.91 Å². The number of carbonyl (C=O) groups excluding carboxylic acids is 4. The van der Waals surface area contributed by atoms with Crippen molar-refractivity contribution in [2.75, 3.05) is 11.9 Å². The van der Waals surface area contributed by atoms with Crippen molar-refractivity contribution in [2.45, 2.75) is 32.2 Å². The van der Waals surface area contributed by atoms with Gasteiger partial charge in [0.25, 0.3) is 5.91 Å². The van der Waals surface area contributed by atoms with Crippen LogP contribution in [0.25, 0.3) is 0 Å². The Labute approximate surface area is 174 Å². The number of rotatable bonds is 9. The van der Waals surface area contributed by atoms with Gasteiger partial charge in [-0.15, -0.1) is 0 Å². The van der Waals surface area contributed by atoms with Crippen LogP contribution in [0.15, 0.2) is 54.6 Å². The third-order valence-corrected chi connectivity index (χ3v) is 4.78. The second kappa shape index (κ2) is 9.82. The van der Waals surface area contributed by atoms with Crippen molar-refractivity contribution >= 4 is 29.3 Å². The third kappa shape index (κ3) is 6.27. The van der Waals surface area contributed by atoms with E-state index >= 15 is 0 Å². The molecule has 1 atom stereocenters. The maximum Gasteiger partial charge on any atom is 0.338 e. The number of Topliss-reactive ketones (excluding diaryl/α,β-unsaturated/α-hetero) is 1. The molecule has 1 unspecified atom stereocenters. The molecule has 3 rings (SSSR count). The molecule has 1 aliphatic rings. The van der Waals surface area contributed by atoms with Crippen LogP contribution in [0.4, 0.5) is 5.69 Å². The lowest BCUT2D eigenvalue weighted by Gasteiger charge is -2.16. The summed E-state index contributed by atoms with van der Waals surface area (Å²) in [5.41, 5.74) is 1.79. The summed E-state index contributed by atoms with van der Waals surface area (Å²) in [5, 5.41) is 5.39. The summed E-state index contributed by atoms with van der Waals surface area (Å²) < 4.78 is 5.04. The molecule has 0 radical (unpaired) electrons. The second-order valence-electron chi connectivity index (χ2n) is 7.34. The Kier molecular flexibility index (Phi) is 6.95. The third-order valence-electron chi connectivity index (χ3n) is 4.78. The summed E-state index contributed by atoms with van der Waals surface area (Å²) in [4.78, 5) is 47.9. The number of ketones is 1. The zero-order chi connectivity index (χ0) is 21.5. The van der Waals surface area contributed by atoms with E-state index in [9.17, 15) is 19.2 Å². The summed E-state index contributed by atoms with van der Waals surface area (Å²) in [6.45, 7) is 0.918. The average Bonchev–Trinajstić information content (AvgIpc) is 3.58. The Morgan fingerprint density at radius 1 is 1.00 bits per heavy atom. The van der Waals surface area contributed by atoms with Crippen molar-refractivity contribution in [3.8, 4) is 0 Å². The van der Waals surface area contributed by atoms with E-state index in [0.717, 1.165) is 18.4 Å². The normalized spacial score (nSPS) is 13.8. The molecule has 0 aliphatic heterocycles. The van der Waals surface area contributed by atoms with Crippen LogP contribution in [0.2, 0.25) is 0 Å². The molecule has 1 fully saturated rings. The molecule has 30 heavy (non-hydrogen) atoms. The van der Waals surface area contributed by atoms with Gasteiger partial charge in [0.1, 0.15) is 0 Å². The SMILES string of the molecule is CC(=O)C(Cc1ccccc1)NC(=O)COC(=O)c1ccc(NC(=O)C2CC2)cc1. The predicted molar refractivity (Wildman–Crippen MR) is 111 cm³/mol.